The van der Waals surface area contributed by atoms with Gasteiger partial charge in [0.25, 0.3) is 5.91 Å². The molecule has 0 bridgehead atoms. The number of benzene rings is 3. The third-order valence-electron chi connectivity index (χ3n) is 7.54. The quantitative estimate of drug-likeness (QED) is 0.215. The highest BCUT2D eigenvalue weighted by atomic mass is 32.2. The molecule has 2 atom stereocenters. The van der Waals surface area contributed by atoms with Crippen LogP contribution in [0, 0.1) is 17.8 Å². The highest BCUT2D eigenvalue weighted by Gasteiger charge is 2.35. The minimum atomic E-state index is -2.70. The van der Waals surface area contributed by atoms with Gasteiger partial charge in [0.15, 0.2) is 0 Å². The highest BCUT2D eigenvalue weighted by Crippen LogP contribution is 2.22. The van der Waals surface area contributed by atoms with Crippen molar-refractivity contribution >= 4 is 34.5 Å². The number of ether oxygens (including phenoxy) is 1. The number of anilines is 2. The standard InChI is InChI=1S/C33H39N5O6S/c1-23(2)31(33(40)41)38(45(42)43)37-19-17-36(18-20-37)27-12-7-24(8-13-27)5-6-25-11-16-30(34-3)29(21-25)32(39)35-22-26-9-14-28(44-4)15-10-26/h7-16,21,23,31,34H,17-20,22H2,1-4H3,(H,35,39)(H,40,41)(H,42,43)/p-1. The van der Waals surface area contributed by atoms with E-state index < -0.39 is 23.3 Å². The molecule has 3 aromatic carbocycles. The largest absolute Gasteiger partial charge is 0.759 e. The van der Waals surface area contributed by atoms with Crippen molar-refractivity contribution in [2.45, 2.75) is 26.4 Å². The third kappa shape index (κ3) is 8.61. The second kappa shape index (κ2) is 15.5. The van der Waals surface area contributed by atoms with Gasteiger partial charge in [-0.05, 0) is 66.1 Å². The molecule has 45 heavy (non-hydrogen) atoms. The Hall–Kier alpha value is -4.41. The number of carbonyl (C=O) groups is 2. The van der Waals surface area contributed by atoms with Gasteiger partial charge in [-0.25, -0.2) is 5.01 Å². The Labute approximate surface area is 266 Å². The molecule has 1 aliphatic rings. The molecule has 0 radical (unpaired) electrons. The molecule has 1 heterocycles. The molecular weight excluding hydrogens is 594 g/mol. The summed E-state index contributed by atoms with van der Waals surface area (Å²) >= 11 is -2.70. The highest BCUT2D eigenvalue weighted by molar-refractivity contribution is 7.76. The zero-order valence-corrected chi connectivity index (χ0v) is 26.6. The Bertz CT molecular complexity index is 1560. The lowest BCUT2D eigenvalue weighted by atomic mass is 10.1. The first kappa shape index (κ1) is 33.5. The predicted molar refractivity (Wildman–Crippen MR) is 173 cm³/mol. The van der Waals surface area contributed by atoms with Gasteiger partial charge < -0.3 is 29.9 Å². The van der Waals surface area contributed by atoms with Gasteiger partial charge in [-0.2, -0.15) is 4.41 Å². The van der Waals surface area contributed by atoms with Crippen LogP contribution in [0.25, 0.3) is 0 Å². The number of carbonyl (C=O) groups excluding carboxylic acids is 1. The normalized spacial score (nSPS) is 14.8. The molecule has 238 valence electrons. The molecule has 2 unspecified atom stereocenters. The average molecular weight is 633 g/mol. The molecule has 1 saturated heterocycles. The van der Waals surface area contributed by atoms with Crippen molar-refractivity contribution in [3.8, 4) is 17.6 Å². The van der Waals surface area contributed by atoms with E-state index in [4.69, 9.17) is 4.74 Å². The van der Waals surface area contributed by atoms with E-state index in [-0.39, 0.29) is 11.8 Å². The Morgan fingerprint density at radius 1 is 1.00 bits per heavy atom. The van der Waals surface area contributed by atoms with Gasteiger partial charge >= 0.3 is 5.97 Å². The smallest absolute Gasteiger partial charge is 0.323 e. The van der Waals surface area contributed by atoms with E-state index in [0.717, 1.165) is 27.0 Å². The number of methoxy groups -OCH3 is 1. The lowest BCUT2D eigenvalue weighted by Crippen LogP contribution is -2.60. The van der Waals surface area contributed by atoms with Crippen LogP contribution in [0.2, 0.25) is 0 Å². The number of nitrogens with zero attached hydrogens (tertiary/aromatic N) is 3. The van der Waals surface area contributed by atoms with Gasteiger partial charge in [0.05, 0.1) is 12.7 Å². The fraction of sp³-hybridized carbons (Fsp3) is 0.333. The Kier molecular flexibility index (Phi) is 11.6. The monoisotopic (exact) mass is 632 g/mol. The fourth-order valence-corrected chi connectivity index (χ4v) is 5.97. The Balaban J connectivity index is 1.39. The van der Waals surface area contributed by atoms with Crippen LogP contribution in [0.4, 0.5) is 11.4 Å². The lowest BCUT2D eigenvalue weighted by molar-refractivity contribution is -0.149. The Morgan fingerprint density at radius 2 is 1.62 bits per heavy atom. The number of amides is 1. The van der Waals surface area contributed by atoms with Crippen molar-refractivity contribution in [2.24, 2.45) is 5.92 Å². The predicted octanol–water partition coefficient (Wildman–Crippen LogP) is 3.31. The van der Waals surface area contributed by atoms with Gasteiger partial charge in [-0.1, -0.05) is 37.8 Å². The number of hydrazine groups is 1. The summed E-state index contributed by atoms with van der Waals surface area (Å²) in [5.41, 5.74) is 4.61. The summed E-state index contributed by atoms with van der Waals surface area (Å²) < 4.78 is 30.1. The number of carboxylic acids is 1. The maximum atomic E-state index is 13.0. The van der Waals surface area contributed by atoms with Crippen LogP contribution in [0.5, 0.6) is 5.75 Å². The molecule has 3 aromatic rings. The molecular formula is C33H38N5O6S-. The van der Waals surface area contributed by atoms with Gasteiger partial charge in [-0.15, -0.1) is 0 Å². The zero-order valence-electron chi connectivity index (χ0n) is 25.8. The zero-order chi connectivity index (χ0) is 32.5. The fourth-order valence-electron chi connectivity index (χ4n) is 5.10. The molecule has 0 spiro atoms. The number of carboxylic acid groups (broad SMARTS) is 1. The summed E-state index contributed by atoms with van der Waals surface area (Å²) in [5, 5.41) is 17.2. The first-order chi connectivity index (χ1) is 21.6. The maximum absolute atomic E-state index is 13.0. The van der Waals surface area contributed by atoms with Crippen LogP contribution in [-0.4, -0.2) is 81.5 Å². The van der Waals surface area contributed by atoms with Crippen LogP contribution in [-0.2, 0) is 22.6 Å². The van der Waals surface area contributed by atoms with Crippen molar-refractivity contribution in [1.82, 2.24) is 14.7 Å². The number of nitrogens with one attached hydrogen (secondary N) is 2. The van der Waals surface area contributed by atoms with Crippen molar-refractivity contribution < 1.29 is 28.2 Å². The summed E-state index contributed by atoms with van der Waals surface area (Å²) in [5.74, 6) is 5.29. The lowest BCUT2D eigenvalue weighted by Gasteiger charge is -2.45. The number of hydrogen-bond acceptors (Lipinski definition) is 8. The first-order valence-corrected chi connectivity index (χ1v) is 15.6. The van der Waals surface area contributed by atoms with E-state index in [2.05, 4.69) is 27.4 Å². The summed E-state index contributed by atoms with van der Waals surface area (Å²) in [7, 11) is 3.37. The van der Waals surface area contributed by atoms with E-state index in [1.807, 2.05) is 60.7 Å². The molecule has 12 heteroatoms. The molecule has 0 aliphatic carbocycles. The molecule has 3 N–H and O–H groups in total. The van der Waals surface area contributed by atoms with Crippen molar-refractivity contribution in [3.63, 3.8) is 0 Å². The average Bonchev–Trinajstić information content (AvgIpc) is 3.05. The van der Waals surface area contributed by atoms with Crippen molar-refractivity contribution in [3.05, 3.63) is 89.0 Å². The van der Waals surface area contributed by atoms with Crippen molar-refractivity contribution in [2.75, 3.05) is 50.6 Å². The molecule has 4 rings (SSSR count). The minimum Gasteiger partial charge on any atom is -0.759 e. The maximum Gasteiger partial charge on any atom is 0.323 e. The van der Waals surface area contributed by atoms with Gasteiger partial charge in [0, 0.05) is 73.5 Å². The molecule has 0 saturated carbocycles. The van der Waals surface area contributed by atoms with E-state index in [0.29, 0.717) is 49.5 Å². The van der Waals surface area contributed by atoms with Crippen molar-refractivity contribution in [1.29, 1.82) is 0 Å². The number of piperazine rings is 1. The number of hydrogen-bond donors (Lipinski definition) is 3. The van der Waals surface area contributed by atoms with Crippen LogP contribution in [0.1, 0.15) is 40.9 Å². The second-order valence-corrected chi connectivity index (χ2v) is 11.6. The molecule has 11 nitrogen and oxygen atoms in total. The first-order valence-electron chi connectivity index (χ1n) is 14.6. The van der Waals surface area contributed by atoms with Crippen LogP contribution >= 0.6 is 0 Å². The number of rotatable bonds is 11. The van der Waals surface area contributed by atoms with Gasteiger partial charge in [0.1, 0.15) is 11.8 Å². The minimum absolute atomic E-state index is 0.212. The van der Waals surface area contributed by atoms with E-state index in [1.165, 1.54) is 0 Å². The van der Waals surface area contributed by atoms with Crippen LogP contribution < -0.4 is 20.3 Å². The molecule has 1 fully saturated rings. The third-order valence-corrected chi connectivity index (χ3v) is 8.30. The van der Waals surface area contributed by atoms with E-state index in [1.54, 1.807) is 39.1 Å². The summed E-state index contributed by atoms with van der Waals surface area (Å²) in [6.07, 6.45) is 0. The Morgan fingerprint density at radius 3 is 2.18 bits per heavy atom. The summed E-state index contributed by atoms with van der Waals surface area (Å²) in [6.45, 7) is 5.56. The molecule has 1 aliphatic heterocycles. The van der Waals surface area contributed by atoms with Crippen LogP contribution in [0.3, 0.4) is 0 Å². The van der Waals surface area contributed by atoms with E-state index in [9.17, 15) is 23.5 Å². The SMILES string of the molecule is CNc1ccc(C#Cc2ccc(N3CCN(N(C(C(=O)O)C(C)C)S(=O)[O-])CC3)cc2)cc1C(=O)NCc1ccc(OC)cc1. The topological polar surface area (TPSA) is 138 Å². The van der Waals surface area contributed by atoms with Gasteiger partial charge in [-0.3, -0.25) is 13.8 Å². The summed E-state index contributed by atoms with van der Waals surface area (Å²) in [4.78, 5) is 26.9. The molecule has 1 amide bonds. The summed E-state index contributed by atoms with van der Waals surface area (Å²) in [6, 6.07) is 19.6. The van der Waals surface area contributed by atoms with Crippen LogP contribution in [0.15, 0.2) is 66.7 Å². The van der Waals surface area contributed by atoms with E-state index >= 15 is 0 Å². The van der Waals surface area contributed by atoms with Gasteiger partial charge in [0.2, 0.25) is 0 Å². The second-order valence-electron chi connectivity index (χ2n) is 10.8. The molecule has 0 aromatic heterocycles. The number of aliphatic carboxylic acids is 1.